The summed E-state index contributed by atoms with van der Waals surface area (Å²) in [6.07, 6.45) is 9.22. The van der Waals surface area contributed by atoms with Crippen molar-refractivity contribution in [2.24, 2.45) is 0 Å². The van der Waals surface area contributed by atoms with E-state index in [2.05, 4.69) is 67.6 Å². The van der Waals surface area contributed by atoms with Crippen LogP contribution in [0.25, 0.3) is 12.2 Å². The van der Waals surface area contributed by atoms with E-state index in [9.17, 15) is 0 Å². The Labute approximate surface area is 179 Å². The molecule has 5 rings (SSSR count). The molecule has 2 aromatic carbocycles. The maximum atomic E-state index is 2.57. The van der Waals surface area contributed by atoms with Gasteiger partial charge in [0.15, 0.2) is 0 Å². The molecule has 1 fully saturated rings. The molecule has 26 heavy (non-hydrogen) atoms. The Hall–Kier alpha value is -0.356. The molecule has 0 aromatic heterocycles. The molecule has 1 saturated heterocycles. The van der Waals surface area contributed by atoms with Crippen molar-refractivity contribution in [3.05, 3.63) is 81.4 Å². The number of benzene rings is 2. The third-order valence-corrected chi connectivity index (χ3v) is 12.0. The molecule has 0 radical (unpaired) electrons. The van der Waals surface area contributed by atoms with Crippen LogP contribution in [0.1, 0.15) is 50.5 Å². The van der Waals surface area contributed by atoms with Crippen LogP contribution < -0.4 is 24.8 Å². The summed E-state index contributed by atoms with van der Waals surface area (Å²) < 4.78 is 1.58. The number of allylic oxidation sites excluding steroid dienone is 2. The maximum absolute atomic E-state index is 2.57. The van der Waals surface area contributed by atoms with Crippen LogP contribution in [0, 0.1) is 0 Å². The molecule has 1 heterocycles. The van der Waals surface area contributed by atoms with Crippen LogP contribution in [0.15, 0.2) is 59.2 Å². The van der Waals surface area contributed by atoms with Gasteiger partial charge in [-0.1, -0.05) is 0 Å². The molecule has 0 bridgehead atoms. The zero-order valence-corrected chi connectivity index (χ0v) is 18.7. The van der Waals surface area contributed by atoms with E-state index in [0.29, 0.717) is 0 Å². The van der Waals surface area contributed by atoms with Gasteiger partial charge in [0.25, 0.3) is 0 Å². The van der Waals surface area contributed by atoms with Gasteiger partial charge in [-0.05, 0) is 0 Å². The summed E-state index contributed by atoms with van der Waals surface area (Å²) in [6, 6.07) is 18.4. The first-order valence-electron chi connectivity index (χ1n) is 9.01. The first kappa shape index (κ1) is 20.4. The zero-order chi connectivity index (χ0) is 16.1. The quantitative estimate of drug-likeness (QED) is 0.489. The molecule has 1 aliphatic heterocycles. The van der Waals surface area contributed by atoms with Crippen molar-refractivity contribution in [1.29, 1.82) is 0 Å². The molecule has 132 valence electrons. The van der Waals surface area contributed by atoms with Crippen molar-refractivity contribution in [1.82, 2.24) is 0 Å². The second-order valence-corrected chi connectivity index (χ2v) is 11.6. The van der Waals surface area contributed by atoms with E-state index in [1.54, 1.807) is 11.1 Å². The first-order valence-corrected chi connectivity index (χ1v) is 12.3. The molecular weight excluding hydrogens is 414 g/mol. The topological polar surface area (TPSA) is 0 Å². The van der Waals surface area contributed by atoms with E-state index >= 15 is 0 Å². The molecule has 2 unspecified atom stereocenters. The van der Waals surface area contributed by atoms with Crippen LogP contribution in [-0.2, 0) is 19.2 Å². The van der Waals surface area contributed by atoms with Gasteiger partial charge >= 0.3 is 155 Å². The van der Waals surface area contributed by atoms with Gasteiger partial charge in [-0.3, -0.25) is 0 Å². The molecule has 2 atom stereocenters. The fraction of sp³-hybridized carbons (Fsp3) is 0.273. The average molecular weight is 435 g/mol. The summed E-state index contributed by atoms with van der Waals surface area (Å²) in [4.78, 5) is 0. The first-order chi connectivity index (χ1) is 11.9. The SMILES string of the molecule is CCCCP1C2=Cc3ccccc3[CH]2[Ti+2][CH]2C1=Cc1ccccc12.[Cl-].[Cl-]. The minimum absolute atomic E-state index is 0. The normalized spacial score (nSPS) is 23.5. The van der Waals surface area contributed by atoms with Crippen LogP contribution >= 0.6 is 7.92 Å². The Morgan fingerprint density at radius 1 is 0.808 bits per heavy atom. The number of unbranched alkanes of at least 4 members (excludes halogenated alkanes) is 1. The zero-order valence-electron chi connectivity index (χ0n) is 14.8. The van der Waals surface area contributed by atoms with Crippen LogP contribution in [0.4, 0.5) is 0 Å². The van der Waals surface area contributed by atoms with Crippen molar-refractivity contribution in [2.75, 3.05) is 6.16 Å². The summed E-state index contributed by atoms with van der Waals surface area (Å²) in [6.45, 7) is 2.33. The summed E-state index contributed by atoms with van der Waals surface area (Å²) in [7, 11) is -0.0976. The second-order valence-electron chi connectivity index (χ2n) is 6.93. The van der Waals surface area contributed by atoms with Crippen LogP contribution in [-0.4, -0.2) is 6.16 Å². The standard InChI is InChI=1S/C22H21P.2ClH.Ti/c1-2-3-12-23(21-13-17-8-4-5-9-18(17)14-21)22-15-19-10-6-7-11-20(19)16-22;;;/h4-11,13-16H,2-3,12H2,1H3;2*1H;/q;;;+2/p-2. The van der Waals surface area contributed by atoms with E-state index in [1.165, 1.54) is 30.1 Å². The summed E-state index contributed by atoms with van der Waals surface area (Å²) in [5.41, 5.74) is 6.30. The monoisotopic (exact) mass is 434 g/mol. The average Bonchev–Trinajstić information content (AvgIpc) is 3.17. The molecule has 3 aliphatic rings. The summed E-state index contributed by atoms with van der Waals surface area (Å²) >= 11 is -0.0762. The predicted molar refractivity (Wildman–Crippen MR) is 101 cm³/mol. The van der Waals surface area contributed by atoms with Gasteiger partial charge in [-0.2, -0.15) is 0 Å². The molecule has 0 nitrogen and oxygen atoms in total. The second kappa shape index (κ2) is 8.34. The summed E-state index contributed by atoms with van der Waals surface area (Å²) in [5.74, 6) is 0. The predicted octanol–water partition coefficient (Wildman–Crippen LogP) is 0.564. The minimum Gasteiger partial charge on any atom is -1.00 e. The van der Waals surface area contributed by atoms with Crippen molar-refractivity contribution >= 4 is 20.1 Å². The van der Waals surface area contributed by atoms with E-state index in [0.717, 1.165) is 8.45 Å². The maximum Gasteiger partial charge on any atom is -1.00 e. The molecule has 0 spiro atoms. The van der Waals surface area contributed by atoms with Gasteiger partial charge in [-0.15, -0.1) is 0 Å². The third kappa shape index (κ3) is 3.19. The van der Waals surface area contributed by atoms with Crippen molar-refractivity contribution < 1.29 is 44.0 Å². The van der Waals surface area contributed by atoms with E-state index in [4.69, 9.17) is 0 Å². The largest absolute Gasteiger partial charge is 1.00 e. The molecule has 0 N–H and O–H groups in total. The van der Waals surface area contributed by atoms with Gasteiger partial charge in [-0.25, -0.2) is 0 Å². The molecule has 2 aromatic rings. The van der Waals surface area contributed by atoms with Gasteiger partial charge in [0.2, 0.25) is 0 Å². The van der Waals surface area contributed by atoms with E-state index in [1.807, 2.05) is 10.6 Å². The Morgan fingerprint density at radius 2 is 1.31 bits per heavy atom. The molecule has 0 saturated carbocycles. The van der Waals surface area contributed by atoms with Crippen LogP contribution in [0.3, 0.4) is 0 Å². The third-order valence-electron chi connectivity index (χ3n) is 5.50. The van der Waals surface area contributed by atoms with Crippen molar-refractivity contribution in [3.8, 4) is 0 Å². The minimum atomic E-state index is -0.0976. The van der Waals surface area contributed by atoms with Gasteiger partial charge < -0.3 is 24.8 Å². The van der Waals surface area contributed by atoms with Crippen LogP contribution in [0.5, 0.6) is 0 Å². The molecule has 2 aliphatic carbocycles. The van der Waals surface area contributed by atoms with E-state index in [-0.39, 0.29) is 51.9 Å². The van der Waals surface area contributed by atoms with Gasteiger partial charge in [0.1, 0.15) is 0 Å². The fourth-order valence-electron chi connectivity index (χ4n) is 4.32. The number of fused-ring (bicyclic) bond motifs is 6. The Bertz CT molecular complexity index is 806. The molecule has 4 heteroatoms. The van der Waals surface area contributed by atoms with Crippen molar-refractivity contribution in [3.63, 3.8) is 0 Å². The number of rotatable bonds is 3. The van der Waals surface area contributed by atoms with E-state index < -0.39 is 0 Å². The number of halogens is 2. The summed E-state index contributed by atoms with van der Waals surface area (Å²) in [5, 5.41) is 3.63. The Balaban J connectivity index is 0.000000980. The molecular formula is C22H21Cl2PTi. The number of hydrogen-bond donors (Lipinski definition) is 0. The van der Waals surface area contributed by atoms with Gasteiger partial charge in [0.05, 0.1) is 0 Å². The van der Waals surface area contributed by atoms with Gasteiger partial charge in [0, 0.05) is 0 Å². The Morgan fingerprint density at radius 3 is 1.81 bits per heavy atom. The van der Waals surface area contributed by atoms with Crippen LogP contribution in [0.2, 0.25) is 0 Å². The fourth-order valence-corrected chi connectivity index (χ4v) is 12.0. The molecule has 0 amide bonds. The van der Waals surface area contributed by atoms with Crippen molar-refractivity contribution in [2.45, 2.75) is 28.2 Å². The number of hydrogen-bond acceptors (Lipinski definition) is 0. The Kier molecular flexibility index (Phi) is 6.54. The smallest absolute Gasteiger partial charge is 1.00 e.